The van der Waals surface area contributed by atoms with Crippen LogP contribution in [0.1, 0.15) is 28.9 Å². The fourth-order valence-corrected chi connectivity index (χ4v) is 2.70. The third kappa shape index (κ3) is 4.70. The van der Waals surface area contributed by atoms with Gasteiger partial charge in [0.2, 0.25) is 0 Å². The standard InChI is InChI=1S/C20H22N4O/c21-20(22-13-7-6-10-15-8-2-1-3-9-15)24-19(25)18-14-16-11-4-5-12-17(16)23-18/h1-5,8-9,11-12,14,23H,6-7,10,13H2,(H3,21,22,24,25). The number of fused-ring (bicyclic) bond motifs is 1. The minimum atomic E-state index is -0.276. The topological polar surface area (TPSA) is 83.3 Å². The average Bonchev–Trinajstić information content (AvgIpc) is 3.06. The number of benzene rings is 2. The lowest BCUT2D eigenvalue weighted by molar-refractivity contribution is 0.0972. The number of H-pyrrole nitrogens is 1. The van der Waals surface area contributed by atoms with E-state index in [0.29, 0.717) is 12.2 Å². The number of para-hydroxylation sites is 1. The summed E-state index contributed by atoms with van der Waals surface area (Å²) in [6.45, 7) is 0.603. The van der Waals surface area contributed by atoms with Gasteiger partial charge in [-0.2, -0.15) is 0 Å². The predicted molar refractivity (Wildman–Crippen MR) is 102 cm³/mol. The van der Waals surface area contributed by atoms with Crippen LogP contribution in [0.15, 0.2) is 65.7 Å². The van der Waals surface area contributed by atoms with Crippen molar-refractivity contribution < 1.29 is 4.79 Å². The Hall–Kier alpha value is -3.08. The number of hydrogen-bond donors (Lipinski definition) is 3. The van der Waals surface area contributed by atoms with Crippen LogP contribution in [0.2, 0.25) is 0 Å². The molecule has 1 amide bonds. The van der Waals surface area contributed by atoms with Crippen molar-refractivity contribution in [3.8, 4) is 0 Å². The van der Waals surface area contributed by atoms with E-state index in [1.807, 2.05) is 42.5 Å². The molecule has 0 bridgehead atoms. The summed E-state index contributed by atoms with van der Waals surface area (Å²) in [5, 5.41) is 3.61. The molecule has 2 aromatic carbocycles. The number of carbonyl (C=O) groups excluding carboxylic acids is 1. The van der Waals surface area contributed by atoms with E-state index in [0.717, 1.165) is 30.2 Å². The quantitative estimate of drug-likeness (QED) is 0.367. The Morgan fingerprint density at radius 2 is 1.80 bits per heavy atom. The van der Waals surface area contributed by atoms with Crippen molar-refractivity contribution in [3.63, 3.8) is 0 Å². The first-order valence-corrected chi connectivity index (χ1v) is 8.45. The van der Waals surface area contributed by atoms with Crippen LogP contribution in [0, 0.1) is 0 Å². The molecular weight excluding hydrogens is 312 g/mol. The molecule has 0 saturated carbocycles. The summed E-state index contributed by atoms with van der Waals surface area (Å²) in [6.07, 6.45) is 2.99. The van der Waals surface area contributed by atoms with Gasteiger partial charge in [-0.25, -0.2) is 0 Å². The van der Waals surface area contributed by atoms with Crippen LogP contribution < -0.4 is 11.1 Å². The minimum Gasteiger partial charge on any atom is -0.370 e. The largest absolute Gasteiger partial charge is 0.370 e. The van der Waals surface area contributed by atoms with Gasteiger partial charge in [0.1, 0.15) is 5.69 Å². The highest BCUT2D eigenvalue weighted by Gasteiger charge is 2.09. The maximum absolute atomic E-state index is 12.2. The average molecular weight is 334 g/mol. The van der Waals surface area contributed by atoms with Crippen molar-refractivity contribution in [1.29, 1.82) is 0 Å². The molecule has 0 aliphatic heterocycles. The molecule has 0 aliphatic carbocycles. The van der Waals surface area contributed by atoms with E-state index in [9.17, 15) is 4.79 Å². The molecule has 3 rings (SSSR count). The normalized spacial score (nSPS) is 11.6. The molecule has 0 aliphatic rings. The number of aromatic nitrogens is 1. The first kappa shape index (κ1) is 16.8. The SMILES string of the molecule is NC(=NCCCCc1ccccc1)NC(=O)c1cc2ccccc2[nH]1. The number of hydrogen-bond acceptors (Lipinski definition) is 2. The predicted octanol–water partition coefficient (Wildman–Crippen LogP) is 3.24. The molecule has 0 radical (unpaired) electrons. The van der Waals surface area contributed by atoms with Crippen molar-refractivity contribution in [2.75, 3.05) is 6.54 Å². The molecule has 0 spiro atoms. The van der Waals surface area contributed by atoms with Crippen molar-refractivity contribution in [1.82, 2.24) is 10.3 Å². The lowest BCUT2D eigenvalue weighted by Crippen LogP contribution is -2.37. The Bertz CT molecular complexity index is 835. The van der Waals surface area contributed by atoms with Crippen molar-refractivity contribution in [2.24, 2.45) is 10.7 Å². The van der Waals surface area contributed by atoms with E-state index in [1.165, 1.54) is 5.56 Å². The summed E-state index contributed by atoms with van der Waals surface area (Å²) in [6, 6.07) is 19.9. The van der Waals surface area contributed by atoms with E-state index in [1.54, 1.807) is 6.07 Å². The smallest absolute Gasteiger partial charge is 0.274 e. The van der Waals surface area contributed by atoms with Gasteiger partial charge in [-0.15, -0.1) is 0 Å². The van der Waals surface area contributed by atoms with Gasteiger partial charge in [0, 0.05) is 17.4 Å². The van der Waals surface area contributed by atoms with Crippen LogP contribution in [-0.4, -0.2) is 23.4 Å². The van der Waals surface area contributed by atoms with Crippen LogP contribution in [0.3, 0.4) is 0 Å². The highest BCUT2D eigenvalue weighted by Crippen LogP contribution is 2.14. The zero-order valence-corrected chi connectivity index (χ0v) is 14.0. The first-order chi connectivity index (χ1) is 12.2. The lowest BCUT2D eigenvalue weighted by Gasteiger charge is -2.03. The molecule has 0 fully saturated rings. The van der Waals surface area contributed by atoms with Crippen LogP contribution in [0.4, 0.5) is 0 Å². The molecule has 0 unspecified atom stereocenters. The molecule has 128 valence electrons. The third-order valence-electron chi connectivity index (χ3n) is 4.01. The van der Waals surface area contributed by atoms with E-state index < -0.39 is 0 Å². The maximum atomic E-state index is 12.2. The highest BCUT2D eigenvalue weighted by atomic mass is 16.2. The highest BCUT2D eigenvalue weighted by molar-refractivity contribution is 6.06. The van der Waals surface area contributed by atoms with Gasteiger partial charge in [0.15, 0.2) is 5.96 Å². The maximum Gasteiger partial charge on any atom is 0.274 e. The second kappa shape index (κ2) is 8.15. The Kier molecular flexibility index (Phi) is 5.46. The first-order valence-electron chi connectivity index (χ1n) is 8.45. The molecule has 1 aromatic heterocycles. The second-order valence-electron chi connectivity index (χ2n) is 5.93. The van der Waals surface area contributed by atoms with Crippen molar-refractivity contribution in [2.45, 2.75) is 19.3 Å². The summed E-state index contributed by atoms with van der Waals surface area (Å²) in [5.74, 6) is -0.120. The number of aliphatic imine (C=N–C) groups is 1. The summed E-state index contributed by atoms with van der Waals surface area (Å²) in [5.41, 5.74) is 8.53. The Morgan fingerprint density at radius 3 is 2.60 bits per heavy atom. The van der Waals surface area contributed by atoms with Crippen LogP contribution >= 0.6 is 0 Å². The number of aromatic amines is 1. The van der Waals surface area contributed by atoms with Gasteiger partial charge in [-0.3, -0.25) is 15.1 Å². The van der Waals surface area contributed by atoms with Gasteiger partial charge in [-0.05, 0) is 37.0 Å². The number of aryl methyl sites for hydroxylation is 1. The number of unbranched alkanes of at least 4 members (excludes halogenated alkanes) is 1. The van der Waals surface area contributed by atoms with Gasteiger partial charge < -0.3 is 10.7 Å². The summed E-state index contributed by atoms with van der Waals surface area (Å²) < 4.78 is 0. The molecule has 0 atom stereocenters. The number of rotatable bonds is 6. The second-order valence-corrected chi connectivity index (χ2v) is 5.93. The molecular formula is C20H22N4O. The number of nitrogens with one attached hydrogen (secondary N) is 2. The number of amides is 1. The molecule has 1 heterocycles. The minimum absolute atomic E-state index is 0.156. The Labute approximate surface area is 147 Å². The van der Waals surface area contributed by atoms with Crippen molar-refractivity contribution >= 4 is 22.8 Å². The Morgan fingerprint density at radius 1 is 1.04 bits per heavy atom. The molecule has 0 saturated heterocycles. The lowest BCUT2D eigenvalue weighted by atomic mass is 10.1. The number of guanidine groups is 1. The summed E-state index contributed by atoms with van der Waals surface area (Å²) >= 11 is 0. The zero-order valence-electron chi connectivity index (χ0n) is 14.0. The van der Waals surface area contributed by atoms with E-state index in [-0.39, 0.29) is 11.9 Å². The van der Waals surface area contributed by atoms with Crippen LogP contribution in [-0.2, 0) is 6.42 Å². The van der Waals surface area contributed by atoms with E-state index in [2.05, 4.69) is 27.4 Å². The zero-order chi connectivity index (χ0) is 17.5. The van der Waals surface area contributed by atoms with E-state index in [4.69, 9.17) is 5.73 Å². The van der Waals surface area contributed by atoms with Gasteiger partial charge in [0.25, 0.3) is 5.91 Å². The molecule has 25 heavy (non-hydrogen) atoms. The van der Waals surface area contributed by atoms with Crippen LogP contribution in [0.25, 0.3) is 10.9 Å². The monoisotopic (exact) mass is 334 g/mol. The fourth-order valence-electron chi connectivity index (χ4n) is 2.70. The molecule has 4 N–H and O–H groups in total. The molecule has 5 nitrogen and oxygen atoms in total. The fraction of sp³-hybridized carbons (Fsp3) is 0.200. The summed E-state index contributed by atoms with van der Waals surface area (Å²) in [4.78, 5) is 19.5. The number of nitrogens with two attached hydrogens (primary N) is 1. The van der Waals surface area contributed by atoms with Gasteiger partial charge in [-0.1, -0.05) is 48.5 Å². The Balaban J connectivity index is 1.45. The molecule has 5 heteroatoms. The number of nitrogens with zero attached hydrogens (tertiary/aromatic N) is 1. The van der Waals surface area contributed by atoms with Crippen molar-refractivity contribution in [3.05, 3.63) is 71.9 Å². The number of carbonyl (C=O) groups is 1. The summed E-state index contributed by atoms with van der Waals surface area (Å²) in [7, 11) is 0. The molecule has 3 aromatic rings. The van der Waals surface area contributed by atoms with Crippen LogP contribution in [0.5, 0.6) is 0 Å². The van der Waals surface area contributed by atoms with E-state index >= 15 is 0 Å². The van der Waals surface area contributed by atoms with Gasteiger partial charge >= 0.3 is 0 Å². The third-order valence-corrected chi connectivity index (χ3v) is 4.01. The van der Waals surface area contributed by atoms with Gasteiger partial charge in [0.05, 0.1) is 0 Å².